The molecule has 0 spiro atoms. The number of piperidine rings is 1. The third-order valence-electron chi connectivity index (χ3n) is 4.94. The Kier molecular flexibility index (Phi) is 8.75. The van der Waals surface area contributed by atoms with Crippen molar-refractivity contribution in [1.29, 1.82) is 0 Å². The van der Waals surface area contributed by atoms with Crippen LogP contribution in [-0.2, 0) is 14.6 Å². The lowest BCUT2D eigenvalue weighted by molar-refractivity contribution is 0.0963. The maximum atomic E-state index is 12.7. The maximum Gasteiger partial charge on any atom is 0.409 e. The number of guanidine groups is 1. The van der Waals surface area contributed by atoms with Crippen LogP contribution in [0.3, 0.4) is 0 Å². The van der Waals surface area contributed by atoms with E-state index in [0.29, 0.717) is 37.0 Å². The highest BCUT2D eigenvalue weighted by Crippen LogP contribution is 2.14. The highest BCUT2D eigenvalue weighted by atomic mass is 32.2. The fourth-order valence-electron chi connectivity index (χ4n) is 3.23. The number of carbonyl (C=O) groups excluding carboxylic acids is 1. The van der Waals surface area contributed by atoms with Gasteiger partial charge in [0.1, 0.15) is 0 Å². The number of carbonyl (C=O) groups is 1. The largest absolute Gasteiger partial charge is 0.450 e. The Balaban J connectivity index is 1.89. The molecule has 9 heteroatoms. The third-order valence-corrected chi connectivity index (χ3v) is 6.77. The smallest absolute Gasteiger partial charge is 0.409 e. The number of benzene rings is 1. The fourth-order valence-corrected chi connectivity index (χ4v) is 4.84. The predicted molar refractivity (Wildman–Crippen MR) is 114 cm³/mol. The van der Waals surface area contributed by atoms with E-state index in [1.165, 1.54) is 0 Å². The lowest BCUT2D eigenvalue weighted by Gasteiger charge is -2.33. The molecule has 1 unspecified atom stereocenters. The molecule has 29 heavy (non-hydrogen) atoms. The van der Waals surface area contributed by atoms with Gasteiger partial charge in [-0.3, -0.25) is 4.99 Å². The van der Waals surface area contributed by atoms with Gasteiger partial charge in [0.2, 0.25) is 0 Å². The standard InChI is InChI=1S/C20H32N4O4S/c1-4-16(15-29(26,27)18-9-7-6-8-10-18)22-19(21-3)23-17-11-13-24(14-12-17)20(25)28-5-2/h6-10,16-17H,4-5,11-15H2,1-3H3,(H2,21,22,23). The van der Waals surface area contributed by atoms with Crippen LogP contribution in [0.15, 0.2) is 40.2 Å². The molecule has 1 heterocycles. The summed E-state index contributed by atoms with van der Waals surface area (Å²) in [6.07, 6.45) is 1.93. The SMILES string of the molecule is CCOC(=O)N1CCC(NC(=NC)NC(CC)CS(=O)(=O)c2ccccc2)CC1. The van der Waals surface area contributed by atoms with Crippen molar-refractivity contribution in [2.75, 3.05) is 32.5 Å². The molecule has 1 aromatic carbocycles. The van der Waals surface area contributed by atoms with Gasteiger partial charge in [-0.05, 0) is 38.3 Å². The minimum Gasteiger partial charge on any atom is -0.450 e. The molecular weight excluding hydrogens is 392 g/mol. The van der Waals surface area contributed by atoms with Gasteiger partial charge < -0.3 is 20.3 Å². The molecule has 0 bridgehead atoms. The molecule has 1 aliphatic rings. The van der Waals surface area contributed by atoms with Crippen LogP contribution in [0, 0.1) is 0 Å². The topological polar surface area (TPSA) is 100 Å². The zero-order valence-corrected chi connectivity index (χ0v) is 18.2. The molecule has 2 rings (SSSR count). The molecule has 0 radical (unpaired) electrons. The van der Waals surface area contributed by atoms with Crippen molar-refractivity contribution < 1.29 is 17.9 Å². The third kappa shape index (κ3) is 6.92. The molecule has 0 aliphatic carbocycles. The molecule has 1 amide bonds. The summed E-state index contributed by atoms with van der Waals surface area (Å²) in [5, 5.41) is 6.59. The lowest BCUT2D eigenvalue weighted by atomic mass is 10.1. The fraction of sp³-hybridized carbons (Fsp3) is 0.600. The van der Waals surface area contributed by atoms with Crippen molar-refractivity contribution in [3.8, 4) is 0 Å². The van der Waals surface area contributed by atoms with E-state index >= 15 is 0 Å². The Hall–Kier alpha value is -2.29. The molecule has 0 aromatic heterocycles. The molecule has 1 atom stereocenters. The summed E-state index contributed by atoms with van der Waals surface area (Å²) in [6.45, 7) is 5.35. The van der Waals surface area contributed by atoms with Gasteiger partial charge in [0, 0.05) is 32.2 Å². The molecule has 162 valence electrons. The second-order valence-electron chi connectivity index (χ2n) is 7.02. The maximum absolute atomic E-state index is 12.7. The Morgan fingerprint density at radius 3 is 2.45 bits per heavy atom. The molecule has 1 aliphatic heterocycles. The number of aliphatic imine (C=N–C) groups is 1. The van der Waals surface area contributed by atoms with Crippen LogP contribution in [0.25, 0.3) is 0 Å². The molecule has 1 aromatic rings. The van der Waals surface area contributed by atoms with E-state index in [1.807, 2.05) is 6.92 Å². The average molecular weight is 425 g/mol. The van der Waals surface area contributed by atoms with Crippen molar-refractivity contribution >= 4 is 21.9 Å². The number of hydrogen-bond donors (Lipinski definition) is 2. The van der Waals surface area contributed by atoms with Crippen LogP contribution >= 0.6 is 0 Å². The van der Waals surface area contributed by atoms with Crippen molar-refractivity contribution in [2.24, 2.45) is 4.99 Å². The first-order valence-corrected chi connectivity index (χ1v) is 11.7. The minimum atomic E-state index is -3.38. The predicted octanol–water partition coefficient (Wildman–Crippen LogP) is 2.02. The average Bonchev–Trinajstić information content (AvgIpc) is 2.73. The van der Waals surface area contributed by atoms with Crippen LogP contribution in [0.4, 0.5) is 4.79 Å². The highest BCUT2D eigenvalue weighted by Gasteiger charge is 2.25. The first-order chi connectivity index (χ1) is 13.9. The number of rotatable bonds is 7. The highest BCUT2D eigenvalue weighted by molar-refractivity contribution is 7.91. The number of ether oxygens (including phenoxy) is 1. The van der Waals surface area contributed by atoms with Gasteiger partial charge in [-0.15, -0.1) is 0 Å². The zero-order chi connectivity index (χ0) is 21.3. The molecule has 2 N–H and O–H groups in total. The normalized spacial score (nSPS) is 16.9. The van der Waals surface area contributed by atoms with Gasteiger partial charge in [-0.1, -0.05) is 25.1 Å². The van der Waals surface area contributed by atoms with Crippen molar-refractivity contribution in [1.82, 2.24) is 15.5 Å². The Labute approximate surface area is 173 Å². The summed E-state index contributed by atoms with van der Waals surface area (Å²) in [5.74, 6) is 0.574. The lowest BCUT2D eigenvalue weighted by Crippen LogP contribution is -2.52. The van der Waals surface area contributed by atoms with Crippen molar-refractivity contribution in [3.05, 3.63) is 30.3 Å². The first-order valence-electron chi connectivity index (χ1n) is 10.1. The summed E-state index contributed by atoms with van der Waals surface area (Å²) in [5.41, 5.74) is 0. The van der Waals surface area contributed by atoms with E-state index in [4.69, 9.17) is 4.74 Å². The van der Waals surface area contributed by atoms with E-state index in [0.717, 1.165) is 12.8 Å². The first kappa shape index (κ1) is 23.0. The van der Waals surface area contributed by atoms with Crippen LogP contribution < -0.4 is 10.6 Å². The van der Waals surface area contributed by atoms with E-state index in [9.17, 15) is 13.2 Å². The zero-order valence-electron chi connectivity index (χ0n) is 17.4. The second kappa shape index (κ2) is 11.0. The molecule has 1 saturated heterocycles. The Morgan fingerprint density at radius 1 is 1.24 bits per heavy atom. The molecule has 0 saturated carbocycles. The minimum absolute atomic E-state index is 0.00445. The van der Waals surface area contributed by atoms with Crippen LogP contribution in [0.5, 0.6) is 0 Å². The summed E-state index contributed by atoms with van der Waals surface area (Å²) >= 11 is 0. The summed E-state index contributed by atoms with van der Waals surface area (Å²) in [7, 11) is -1.72. The second-order valence-corrected chi connectivity index (χ2v) is 9.06. The summed E-state index contributed by atoms with van der Waals surface area (Å²) in [6, 6.07) is 8.39. The van der Waals surface area contributed by atoms with Crippen LogP contribution in [-0.4, -0.2) is 70.0 Å². The van der Waals surface area contributed by atoms with Crippen molar-refractivity contribution in [2.45, 2.75) is 50.1 Å². The van der Waals surface area contributed by atoms with Gasteiger partial charge in [-0.25, -0.2) is 13.2 Å². The number of sulfone groups is 1. The molecular formula is C20H32N4O4S. The van der Waals surface area contributed by atoms with Crippen molar-refractivity contribution in [3.63, 3.8) is 0 Å². The summed E-state index contributed by atoms with van der Waals surface area (Å²) < 4.78 is 30.4. The Bertz CT molecular complexity index is 775. The number of amides is 1. The van der Waals surface area contributed by atoms with E-state index in [1.54, 1.807) is 49.2 Å². The van der Waals surface area contributed by atoms with Gasteiger partial charge in [0.15, 0.2) is 15.8 Å². The number of likely N-dealkylation sites (tertiary alicyclic amines) is 1. The van der Waals surface area contributed by atoms with Gasteiger partial charge in [0.05, 0.1) is 17.3 Å². The van der Waals surface area contributed by atoms with Gasteiger partial charge in [0.25, 0.3) is 0 Å². The quantitative estimate of drug-likeness (QED) is 0.513. The van der Waals surface area contributed by atoms with E-state index < -0.39 is 9.84 Å². The summed E-state index contributed by atoms with van der Waals surface area (Å²) in [4.78, 5) is 18.1. The van der Waals surface area contributed by atoms with Gasteiger partial charge in [-0.2, -0.15) is 0 Å². The number of hydrogen-bond acceptors (Lipinski definition) is 5. The van der Waals surface area contributed by atoms with Crippen LogP contribution in [0.2, 0.25) is 0 Å². The monoisotopic (exact) mass is 424 g/mol. The van der Waals surface area contributed by atoms with E-state index in [2.05, 4.69) is 15.6 Å². The Morgan fingerprint density at radius 2 is 1.90 bits per heavy atom. The molecule has 1 fully saturated rings. The van der Waals surface area contributed by atoms with E-state index in [-0.39, 0.29) is 23.9 Å². The molecule has 8 nitrogen and oxygen atoms in total. The van der Waals surface area contributed by atoms with Gasteiger partial charge >= 0.3 is 6.09 Å². The number of nitrogens with zero attached hydrogens (tertiary/aromatic N) is 2. The van der Waals surface area contributed by atoms with Crippen LogP contribution in [0.1, 0.15) is 33.1 Å². The number of nitrogens with one attached hydrogen (secondary N) is 2.